The summed E-state index contributed by atoms with van der Waals surface area (Å²) in [6, 6.07) is 6.43. The highest BCUT2D eigenvalue weighted by atomic mass is 35.5. The molecule has 0 bridgehead atoms. The molecule has 1 atom stereocenters. The van der Waals surface area contributed by atoms with Crippen LogP contribution in [0.2, 0.25) is 5.02 Å². The van der Waals surface area contributed by atoms with E-state index in [0.717, 1.165) is 10.4 Å². The number of benzene rings is 1. The number of hydrogen-bond donors (Lipinski definition) is 2. The van der Waals surface area contributed by atoms with Crippen molar-refractivity contribution in [3.05, 3.63) is 56.5 Å². The van der Waals surface area contributed by atoms with Gasteiger partial charge >= 0.3 is 0 Å². The van der Waals surface area contributed by atoms with E-state index in [9.17, 15) is 4.39 Å². The molecule has 0 aliphatic carbocycles. The molecule has 0 radical (unpaired) electrons. The third kappa shape index (κ3) is 2.50. The lowest BCUT2D eigenvalue weighted by molar-refractivity contribution is 0.563. The zero-order chi connectivity index (χ0) is 12.4. The third-order valence-electron chi connectivity index (χ3n) is 2.54. The Morgan fingerprint density at radius 1 is 1.41 bits per heavy atom. The molecule has 17 heavy (non-hydrogen) atoms. The van der Waals surface area contributed by atoms with Crippen LogP contribution in [0.5, 0.6) is 0 Å². The topological polar surface area (TPSA) is 38.0 Å². The second-order valence-corrected chi connectivity index (χ2v) is 5.11. The van der Waals surface area contributed by atoms with E-state index in [4.69, 9.17) is 17.4 Å². The molecule has 1 heterocycles. The van der Waals surface area contributed by atoms with Crippen LogP contribution >= 0.6 is 22.9 Å². The van der Waals surface area contributed by atoms with Gasteiger partial charge in [0, 0.05) is 10.4 Å². The van der Waals surface area contributed by atoms with E-state index in [0.29, 0.717) is 10.6 Å². The van der Waals surface area contributed by atoms with E-state index >= 15 is 0 Å². The molecular formula is C12H12ClFN2S. The molecule has 5 heteroatoms. The molecule has 0 saturated heterocycles. The lowest BCUT2D eigenvalue weighted by Crippen LogP contribution is -2.29. The first-order valence-corrected chi connectivity index (χ1v) is 6.34. The van der Waals surface area contributed by atoms with E-state index < -0.39 is 6.04 Å². The van der Waals surface area contributed by atoms with Crippen LogP contribution in [-0.2, 0) is 0 Å². The van der Waals surface area contributed by atoms with Gasteiger partial charge < -0.3 is 0 Å². The van der Waals surface area contributed by atoms with Crippen LogP contribution < -0.4 is 11.3 Å². The molecule has 0 saturated carbocycles. The zero-order valence-corrected chi connectivity index (χ0v) is 10.8. The maximum Gasteiger partial charge on any atom is 0.128 e. The smallest absolute Gasteiger partial charge is 0.128 e. The van der Waals surface area contributed by atoms with E-state index in [1.54, 1.807) is 12.1 Å². The Labute approximate surface area is 108 Å². The molecule has 0 aliphatic rings. The van der Waals surface area contributed by atoms with Gasteiger partial charge in [0.25, 0.3) is 0 Å². The Morgan fingerprint density at radius 2 is 2.18 bits per heavy atom. The van der Waals surface area contributed by atoms with Crippen LogP contribution in [0.3, 0.4) is 0 Å². The summed E-state index contributed by atoms with van der Waals surface area (Å²) >= 11 is 7.49. The van der Waals surface area contributed by atoms with Gasteiger partial charge in [0.1, 0.15) is 5.82 Å². The summed E-state index contributed by atoms with van der Waals surface area (Å²) in [5.41, 5.74) is 3.98. The molecule has 3 N–H and O–H groups in total. The van der Waals surface area contributed by atoms with Crippen LogP contribution in [0.15, 0.2) is 29.6 Å². The predicted octanol–water partition coefficient (Wildman–Crippen LogP) is 3.40. The number of thiophene rings is 1. The van der Waals surface area contributed by atoms with E-state index in [2.05, 4.69) is 5.43 Å². The predicted molar refractivity (Wildman–Crippen MR) is 69.6 cm³/mol. The minimum atomic E-state index is -0.414. The summed E-state index contributed by atoms with van der Waals surface area (Å²) in [6.45, 7) is 1.84. The Balaban J connectivity index is 2.46. The van der Waals surface area contributed by atoms with Crippen molar-refractivity contribution in [1.82, 2.24) is 5.43 Å². The lowest BCUT2D eigenvalue weighted by Gasteiger charge is -2.16. The summed E-state index contributed by atoms with van der Waals surface area (Å²) in [7, 11) is 0. The molecule has 0 amide bonds. The molecule has 0 spiro atoms. The van der Waals surface area contributed by atoms with Gasteiger partial charge in [0.2, 0.25) is 0 Å². The first-order chi connectivity index (χ1) is 8.13. The van der Waals surface area contributed by atoms with Crippen molar-refractivity contribution >= 4 is 22.9 Å². The molecule has 0 aliphatic heterocycles. The van der Waals surface area contributed by atoms with Crippen LogP contribution in [0.25, 0.3) is 0 Å². The summed E-state index contributed by atoms with van der Waals surface area (Å²) in [5, 5.41) is 2.45. The Bertz CT molecular complexity index is 527. The maximum absolute atomic E-state index is 13.9. The maximum atomic E-state index is 13.9. The van der Waals surface area contributed by atoms with Crippen molar-refractivity contribution in [3.63, 3.8) is 0 Å². The van der Waals surface area contributed by atoms with Crippen molar-refractivity contribution in [2.45, 2.75) is 13.0 Å². The summed E-state index contributed by atoms with van der Waals surface area (Å²) in [6.07, 6.45) is 0. The summed E-state index contributed by atoms with van der Waals surface area (Å²) < 4.78 is 13.9. The van der Waals surface area contributed by atoms with E-state index in [1.807, 2.05) is 18.4 Å². The third-order valence-corrected chi connectivity index (χ3v) is 3.96. The first kappa shape index (κ1) is 12.5. The summed E-state index contributed by atoms with van der Waals surface area (Å²) in [4.78, 5) is 0.817. The van der Waals surface area contributed by atoms with Gasteiger partial charge in [-0.05, 0) is 30.0 Å². The molecule has 90 valence electrons. The highest BCUT2D eigenvalue weighted by molar-refractivity contribution is 7.10. The normalized spacial score (nSPS) is 12.7. The fourth-order valence-electron chi connectivity index (χ4n) is 1.68. The Kier molecular flexibility index (Phi) is 3.79. The number of nitrogens with two attached hydrogens (primary N) is 1. The average Bonchev–Trinajstić information content (AvgIpc) is 2.69. The lowest BCUT2D eigenvalue weighted by atomic mass is 10.0. The van der Waals surface area contributed by atoms with Gasteiger partial charge in [-0.1, -0.05) is 23.7 Å². The number of aryl methyl sites for hydroxylation is 1. The second-order valence-electron chi connectivity index (χ2n) is 3.76. The van der Waals surface area contributed by atoms with Gasteiger partial charge in [-0.15, -0.1) is 11.3 Å². The van der Waals surface area contributed by atoms with E-state index in [-0.39, 0.29) is 5.82 Å². The monoisotopic (exact) mass is 270 g/mol. The van der Waals surface area contributed by atoms with Crippen molar-refractivity contribution in [1.29, 1.82) is 0 Å². The van der Waals surface area contributed by atoms with Crippen LogP contribution in [0.4, 0.5) is 4.39 Å². The van der Waals surface area contributed by atoms with Crippen molar-refractivity contribution < 1.29 is 4.39 Å². The van der Waals surface area contributed by atoms with Gasteiger partial charge in [0.05, 0.1) is 11.1 Å². The Hall–Kier alpha value is -0.940. The van der Waals surface area contributed by atoms with Crippen LogP contribution in [-0.4, -0.2) is 0 Å². The highest BCUT2D eigenvalue weighted by Gasteiger charge is 2.20. The number of hydrogen-bond acceptors (Lipinski definition) is 3. The number of rotatable bonds is 3. The minimum absolute atomic E-state index is 0.280. The van der Waals surface area contributed by atoms with Gasteiger partial charge in [0.15, 0.2) is 0 Å². The summed E-state index contributed by atoms with van der Waals surface area (Å²) in [5.74, 6) is 5.22. The average molecular weight is 271 g/mol. The fraction of sp³-hybridized carbons (Fsp3) is 0.167. The van der Waals surface area contributed by atoms with Gasteiger partial charge in [-0.2, -0.15) is 0 Å². The molecule has 0 fully saturated rings. The molecule has 1 unspecified atom stereocenters. The molecule has 2 rings (SSSR count). The SMILES string of the molecule is Cc1ccc(C(NN)c2sccc2Cl)c(F)c1. The van der Waals surface area contributed by atoms with Gasteiger partial charge in [-0.3, -0.25) is 5.84 Å². The standard InChI is InChI=1S/C12H12ClFN2S/c1-7-2-3-8(10(14)6-7)11(16-15)12-9(13)4-5-17-12/h2-6,11,16H,15H2,1H3. The molecule has 1 aromatic carbocycles. The Morgan fingerprint density at radius 3 is 2.71 bits per heavy atom. The van der Waals surface area contributed by atoms with Crippen LogP contribution in [0.1, 0.15) is 22.0 Å². The van der Waals surface area contributed by atoms with Gasteiger partial charge in [-0.25, -0.2) is 9.82 Å². The molecule has 2 nitrogen and oxygen atoms in total. The highest BCUT2D eigenvalue weighted by Crippen LogP contribution is 2.33. The number of hydrazine groups is 1. The second kappa shape index (κ2) is 5.14. The molecular weight excluding hydrogens is 259 g/mol. The first-order valence-electron chi connectivity index (χ1n) is 5.08. The fourth-order valence-corrected chi connectivity index (χ4v) is 2.93. The van der Waals surface area contributed by atoms with Crippen molar-refractivity contribution in [2.75, 3.05) is 0 Å². The van der Waals surface area contributed by atoms with Crippen LogP contribution in [0, 0.1) is 12.7 Å². The molecule has 1 aromatic heterocycles. The zero-order valence-electron chi connectivity index (χ0n) is 9.21. The van der Waals surface area contributed by atoms with Crippen molar-refractivity contribution in [2.24, 2.45) is 5.84 Å². The van der Waals surface area contributed by atoms with E-state index in [1.165, 1.54) is 17.4 Å². The quantitative estimate of drug-likeness (QED) is 0.663. The minimum Gasteiger partial charge on any atom is -0.271 e. The number of nitrogens with one attached hydrogen (secondary N) is 1. The number of halogens is 2. The van der Waals surface area contributed by atoms with Crippen molar-refractivity contribution in [3.8, 4) is 0 Å². The molecule has 2 aromatic rings. The largest absolute Gasteiger partial charge is 0.271 e.